The summed E-state index contributed by atoms with van der Waals surface area (Å²) in [4.78, 5) is 29.5. The molecule has 5 heteroatoms. The third-order valence-corrected chi connectivity index (χ3v) is 7.31. The van der Waals surface area contributed by atoms with Crippen LogP contribution in [0.5, 0.6) is 5.75 Å². The number of hydrogen-bond acceptors (Lipinski definition) is 5. The van der Waals surface area contributed by atoms with Crippen LogP contribution in [-0.2, 0) is 16.0 Å². The van der Waals surface area contributed by atoms with E-state index in [9.17, 15) is 9.59 Å². The quantitative estimate of drug-likeness (QED) is 0.737. The summed E-state index contributed by atoms with van der Waals surface area (Å²) in [6.45, 7) is 3.44. The number of para-hydroxylation sites is 1. The van der Waals surface area contributed by atoms with Crippen molar-refractivity contribution in [3.05, 3.63) is 29.8 Å². The van der Waals surface area contributed by atoms with E-state index in [-0.39, 0.29) is 24.0 Å². The first-order chi connectivity index (χ1) is 13.9. The Balaban J connectivity index is 1.45. The van der Waals surface area contributed by atoms with Crippen molar-refractivity contribution >= 4 is 11.6 Å². The number of likely N-dealkylation sites (N-methyl/N-ethyl adjacent to an activating group) is 2. The van der Waals surface area contributed by atoms with Gasteiger partial charge in [-0.15, -0.1) is 0 Å². The number of hydrogen-bond donors (Lipinski definition) is 0. The first-order valence-electron chi connectivity index (χ1n) is 11.1. The second-order valence-electron chi connectivity index (χ2n) is 9.39. The molecule has 1 aromatic rings. The van der Waals surface area contributed by atoms with Gasteiger partial charge in [-0.25, -0.2) is 0 Å². The van der Waals surface area contributed by atoms with E-state index in [1.54, 1.807) is 6.92 Å². The minimum atomic E-state index is -0.0656. The highest BCUT2D eigenvalue weighted by molar-refractivity contribution is 5.87. The normalized spacial score (nSPS) is 32.9. The van der Waals surface area contributed by atoms with Gasteiger partial charge in [0.05, 0.1) is 12.1 Å². The van der Waals surface area contributed by atoms with Crippen LogP contribution in [-0.4, -0.2) is 66.7 Å². The van der Waals surface area contributed by atoms with Crippen molar-refractivity contribution in [2.45, 2.75) is 63.6 Å². The molecule has 0 spiro atoms. The SMILES string of the molecule is CC(=O)[C@@H]1C[C@H](Oc2ccccc2CC(=O)[C@@H]2C3CCCCC3CN2C)CN1C. The number of carbonyl (C=O) groups excluding carboxylic acids is 2. The van der Waals surface area contributed by atoms with Crippen LogP contribution in [0, 0.1) is 11.8 Å². The van der Waals surface area contributed by atoms with Crippen molar-refractivity contribution in [3.63, 3.8) is 0 Å². The second kappa shape index (κ2) is 8.57. The van der Waals surface area contributed by atoms with Gasteiger partial charge in [-0.3, -0.25) is 19.4 Å². The Morgan fingerprint density at radius 2 is 1.83 bits per heavy atom. The smallest absolute Gasteiger partial charge is 0.154 e. The number of Topliss-reactive ketones (excluding diaryl/α,β-unsaturated/α-hetero) is 2. The molecular formula is C24H34N2O3. The van der Waals surface area contributed by atoms with Gasteiger partial charge in [-0.1, -0.05) is 31.0 Å². The zero-order valence-corrected chi connectivity index (χ0v) is 18.0. The zero-order chi connectivity index (χ0) is 20.5. The third kappa shape index (κ3) is 4.26. The van der Waals surface area contributed by atoms with E-state index in [0.717, 1.165) is 24.4 Å². The van der Waals surface area contributed by atoms with Crippen LogP contribution < -0.4 is 4.74 Å². The molecule has 1 aromatic carbocycles. The highest BCUT2D eigenvalue weighted by Gasteiger charge is 2.44. The molecule has 2 saturated heterocycles. The molecule has 3 aliphatic rings. The van der Waals surface area contributed by atoms with Crippen molar-refractivity contribution in [2.75, 3.05) is 27.2 Å². The Bertz CT molecular complexity index is 764. The molecule has 1 saturated carbocycles. The molecule has 2 aliphatic heterocycles. The van der Waals surface area contributed by atoms with Crippen LogP contribution in [0.2, 0.25) is 0 Å². The van der Waals surface area contributed by atoms with Crippen molar-refractivity contribution in [3.8, 4) is 5.75 Å². The van der Waals surface area contributed by atoms with Crippen LogP contribution >= 0.6 is 0 Å². The largest absolute Gasteiger partial charge is 0.489 e. The second-order valence-corrected chi connectivity index (χ2v) is 9.39. The third-order valence-electron chi connectivity index (χ3n) is 7.31. The molecule has 3 fully saturated rings. The zero-order valence-electron chi connectivity index (χ0n) is 18.0. The van der Waals surface area contributed by atoms with Crippen molar-refractivity contribution in [1.29, 1.82) is 0 Å². The van der Waals surface area contributed by atoms with Crippen LogP contribution in [0.15, 0.2) is 24.3 Å². The Morgan fingerprint density at radius 3 is 2.59 bits per heavy atom. The lowest BCUT2D eigenvalue weighted by Crippen LogP contribution is -2.39. The van der Waals surface area contributed by atoms with Gasteiger partial charge >= 0.3 is 0 Å². The van der Waals surface area contributed by atoms with Gasteiger partial charge < -0.3 is 4.74 Å². The minimum Gasteiger partial charge on any atom is -0.489 e. The van der Waals surface area contributed by atoms with E-state index in [1.165, 1.54) is 25.7 Å². The van der Waals surface area contributed by atoms with Crippen molar-refractivity contribution < 1.29 is 14.3 Å². The first kappa shape index (κ1) is 20.5. The Labute approximate surface area is 174 Å². The van der Waals surface area contributed by atoms with Gasteiger partial charge in [0.25, 0.3) is 0 Å². The van der Waals surface area contributed by atoms with Crippen molar-refractivity contribution in [2.24, 2.45) is 11.8 Å². The Hall–Kier alpha value is -1.72. The summed E-state index contributed by atoms with van der Waals surface area (Å²) in [6, 6.07) is 7.91. The van der Waals surface area contributed by atoms with Gasteiger partial charge in [0, 0.05) is 31.5 Å². The standard InChI is InChI=1S/C24H34N2O3/c1-16(27)21-13-19(15-25(21)2)29-23-11-7-5-8-17(23)12-22(28)24-20-10-6-4-9-18(20)14-26(24)3/h5,7-8,11,18-21,24H,4,6,9-10,12-15H2,1-3H3/t18?,19-,20?,21-,24-/m0/s1. The topological polar surface area (TPSA) is 49.9 Å². The van der Waals surface area contributed by atoms with Crippen LogP contribution in [0.25, 0.3) is 0 Å². The Morgan fingerprint density at radius 1 is 1.07 bits per heavy atom. The number of carbonyl (C=O) groups is 2. The highest BCUT2D eigenvalue weighted by atomic mass is 16.5. The number of rotatable bonds is 6. The van der Waals surface area contributed by atoms with Gasteiger partial charge in [0.15, 0.2) is 5.78 Å². The van der Waals surface area contributed by atoms with E-state index in [2.05, 4.69) is 16.8 Å². The summed E-state index contributed by atoms with van der Waals surface area (Å²) in [6.07, 6.45) is 6.14. The first-order valence-corrected chi connectivity index (χ1v) is 11.1. The molecule has 1 aliphatic carbocycles. The molecule has 158 valence electrons. The fraction of sp³-hybridized carbons (Fsp3) is 0.667. The molecule has 0 bridgehead atoms. The lowest BCUT2D eigenvalue weighted by atomic mass is 9.77. The van der Waals surface area contributed by atoms with Gasteiger partial charge in [-0.2, -0.15) is 0 Å². The Kier molecular flexibility index (Phi) is 6.07. The molecule has 0 radical (unpaired) electrons. The average Bonchev–Trinajstić information content (AvgIpc) is 3.22. The maximum atomic E-state index is 13.3. The van der Waals surface area contributed by atoms with E-state index >= 15 is 0 Å². The molecule has 2 heterocycles. The molecule has 29 heavy (non-hydrogen) atoms. The molecule has 5 atom stereocenters. The summed E-state index contributed by atoms with van der Waals surface area (Å²) in [5.74, 6) is 2.52. The summed E-state index contributed by atoms with van der Waals surface area (Å²) >= 11 is 0. The number of ether oxygens (including phenoxy) is 1. The van der Waals surface area contributed by atoms with Crippen molar-refractivity contribution in [1.82, 2.24) is 9.80 Å². The number of nitrogens with zero attached hydrogens (tertiary/aromatic N) is 2. The number of likely N-dealkylation sites (tertiary alicyclic amines) is 2. The van der Waals surface area contributed by atoms with Gasteiger partial charge in [-0.05, 0) is 51.8 Å². The molecule has 0 amide bonds. The molecule has 2 unspecified atom stereocenters. The monoisotopic (exact) mass is 398 g/mol. The van der Waals surface area contributed by atoms with E-state index in [4.69, 9.17) is 4.74 Å². The summed E-state index contributed by atoms with van der Waals surface area (Å²) in [5.41, 5.74) is 0.971. The lowest BCUT2D eigenvalue weighted by molar-refractivity contribution is -0.123. The molecule has 4 rings (SSSR count). The number of benzene rings is 1. The van der Waals surface area contributed by atoms with E-state index in [1.807, 2.05) is 31.3 Å². The summed E-state index contributed by atoms with van der Waals surface area (Å²) in [5, 5.41) is 0. The van der Waals surface area contributed by atoms with Crippen LogP contribution in [0.4, 0.5) is 0 Å². The highest BCUT2D eigenvalue weighted by Crippen LogP contribution is 2.40. The average molecular weight is 399 g/mol. The van der Waals surface area contributed by atoms with Crippen LogP contribution in [0.3, 0.4) is 0 Å². The van der Waals surface area contributed by atoms with Gasteiger partial charge in [0.2, 0.25) is 0 Å². The summed E-state index contributed by atoms with van der Waals surface area (Å²) < 4.78 is 6.29. The van der Waals surface area contributed by atoms with Gasteiger partial charge in [0.1, 0.15) is 17.6 Å². The predicted octanol–water partition coefficient (Wildman–Crippen LogP) is 2.96. The van der Waals surface area contributed by atoms with E-state index < -0.39 is 0 Å². The predicted molar refractivity (Wildman–Crippen MR) is 113 cm³/mol. The van der Waals surface area contributed by atoms with E-state index in [0.29, 0.717) is 30.5 Å². The maximum Gasteiger partial charge on any atom is 0.154 e. The molecule has 0 N–H and O–H groups in total. The lowest BCUT2D eigenvalue weighted by Gasteiger charge is -2.29. The minimum absolute atomic E-state index is 0.0120. The molecule has 5 nitrogen and oxygen atoms in total. The molecule has 0 aromatic heterocycles. The molecular weight excluding hydrogens is 364 g/mol. The maximum absolute atomic E-state index is 13.3. The number of fused-ring (bicyclic) bond motifs is 1. The number of ketones is 2. The van der Waals surface area contributed by atoms with Crippen LogP contribution in [0.1, 0.15) is 44.6 Å². The fourth-order valence-electron chi connectivity index (χ4n) is 5.92. The summed E-state index contributed by atoms with van der Waals surface area (Å²) in [7, 11) is 4.08. The fourth-order valence-corrected chi connectivity index (χ4v) is 5.92.